The van der Waals surface area contributed by atoms with E-state index in [4.69, 9.17) is 0 Å². The van der Waals surface area contributed by atoms with Gasteiger partial charge in [-0.15, -0.1) is 0 Å². The number of aromatic hydroxyl groups is 1. The van der Waals surface area contributed by atoms with Crippen molar-refractivity contribution in [1.82, 2.24) is 15.1 Å². The molecule has 1 heterocycles. The second kappa shape index (κ2) is 7.31. The fourth-order valence-corrected chi connectivity index (χ4v) is 2.54. The Morgan fingerprint density at radius 3 is 2.57 bits per heavy atom. The van der Waals surface area contributed by atoms with Crippen LogP contribution in [0, 0.1) is 0 Å². The van der Waals surface area contributed by atoms with E-state index in [1.807, 2.05) is 26.1 Å². The summed E-state index contributed by atoms with van der Waals surface area (Å²) in [4.78, 5) is 16.3. The molecule has 5 nitrogen and oxygen atoms in total. The van der Waals surface area contributed by atoms with Gasteiger partial charge in [0, 0.05) is 20.1 Å². The third-order valence-electron chi connectivity index (χ3n) is 4.03. The molecule has 0 aliphatic carbocycles. The van der Waals surface area contributed by atoms with Crippen LogP contribution in [-0.4, -0.2) is 54.2 Å². The molecule has 1 aliphatic rings. The highest BCUT2D eigenvalue weighted by Crippen LogP contribution is 2.16. The van der Waals surface area contributed by atoms with E-state index >= 15 is 0 Å². The van der Waals surface area contributed by atoms with Crippen molar-refractivity contribution >= 4 is 6.03 Å². The van der Waals surface area contributed by atoms with Crippen LogP contribution >= 0.6 is 0 Å². The first-order valence-corrected chi connectivity index (χ1v) is 7.59. The predicted octanol–water partition coefficient (Wildman–Crippen LogP) is 2.19. The number of amides is 2. The Labute approximate surface area is 126 Å². The molecule has 1 fully saturated rings. The van der Waals surface area contributed by atoms with E-state index in [1.54, 1.807) is 17.0 Å². The largest absolute Gasteiger partial charge is 0.508 e. The number of benzene rings is 1. The maximum absolute atomic E-state index is 12.1. The zero-order valence-electron chi connectivity index (χ0n) is 12.9. The number of carbonyl (C=O) groups is 1. The second-order valence-corrected chi connectivity index (χ2v) is 5.73. The Hall–Kier alpha value is -1.75. The van der Waals surface area contributed by atoms with Gasteiger partial charge in [-0.25, -0.2) is 4.79 Å². The highest BCUT2D eigenvalue weighted by atomic mass is 16.3. The standard InChI is InChI=1S/C16H25N3O2/c1-13(14-5-7-15(20)8-6-14)17-16(21)18(2)11-12-19-9-3-4-10-19/h5-8,13,20H,3-4,9-12H2,1-2H3,(H,17,21). The number of carbonyl (C=O) groups excluding carboxylic acids is 1. The lowest BCUT2D eigenvalue weighted by Gasteiger charge is -2.24. The average molecular weight is 291 g/mol. The third-order valence-corrected chi connectivity index (χ3v) is 4.03. The van der Waals surface area contributed by atoms with Gasteiger partial charge in [-0.05, 0) is 50.6 Å². The van der Waals surface area contributed by atoms with Crippen molar-refractivity contribution in [2.45, 2.75) is 25.8 Å². The summed E-state index contributed by atoms with van der Waals surface area (Å²) in [5, 5.41) is 12.3. The van der Waals surface area contributed by atoms with Crippen LogP contribution in [0.15, 0.2) is 24.3 Å². The summed E-state index contributed by atoms with van der Waals surface area (Å²) in [7, 11) is 1.83. The molecule has 2 N–H and O–H groups in total. The first-order valence-electron chi connectivity index (χ1n) is 7.59. The second-order valence-electron chi connectivity index (χ2n) is 5.73. The summed E-state index contributed by atoms with van der Waals surface area (Å²) < 4.78 is 0. The van der Waals surface area contributed by atoms with Crippen LogP contribution in [0.3, 0.4) is 0 Å². The van der Waals surface area contributed by atoms with Gasteiger partial charge in [0.15, 0.2) is 0 Å². The molecule has 0 aromatic heterocycles. The van der Waals surface area contributed by atoms with Gasteiger partial charge >= 0.3 is 6.03 Å². The molecule has 2 amide bonds. The normalized spacial score (nSPS) is 16.7. The Morgan fingerprint density at radius 2 is 1.95 bits per heavy atom. The fraction of sp³-hybridized carbons (Fsp3) is 0.562. The molecule has 1 aromatic carbocycles. The number of rotatable bonds is 5. The van der Waals surface area contributed by atoms with Crippen LogP contribution in [0.4, 0.5) is 4.79 Å². The molecule has 1 unspecified atom stereocenters. The maximum atomic E-state index is 12.1. The smallest absolute Gasteiger partial charge is 0.317 e. The quantitative estimate of drug-likeness (QED) is 0.874. The van der Waals surface area contributed by atoms with E-state index in [9.17, 15) is 9.90 Å². The highest BCUT2D eigenvalue weighted by molar-refractivity contribution is 5.74. The minimum Gasteiger partial charge on any atom is -0.508 e. The van der Waals surface area contributed by atoms with Gasteiger partial charge in [-0.3, -0.25) is 0 Å². The van der Waals surface area contributed by atoms with Crippen molar-refractivity contribution in [3.8, 4) is 5.75 Å². The van der Waals surface area contributed by atoms with E-state index in [-0.39, 0.29) is 17.8 Å². The Balaban J connectivity index is 1.77. The Bertz CT molecular complexity index is 455. The van der Waals surface area contributed by atoms with Crippen LogP contribution in [0.1, 0.15) is 31.4 Å². The Morgan fingerprint density at radius 1 is 1.33 bits per heavy atom. The average Bonchev–Trinajstić information content (AvgIpc) is 2.98. The number of hydrogen-bond donors (Lipinski definition) is 2. The molecule has 1 aliphatic heterocycles. The van der Waals surface area contributed by atoms with Crippen molar-refractivity contribution in [1.29, 1.82) is 0 Å². The van der Waals surface area contributed by atoms with Crippen molar-refractivity contribution in [2.24, 2.45) is 0 Å². The van der Waals surface area contributed by atoms with E-state index in [0.29, 0.717) is 0 Å². The lowest BCUT2D eigenvalue weighted by atomic mass is 10.1. The first kappa shape index (κ1) is 15.6. The molecule has 1 saturated heterocycles. The number of hydrogen-bond acceptors (Lipinski definition) is 3. The zero-order chi connectivity index (χ0) is 15.2. The SMILES string of the molecule is CC(NC(=O)N(C)CCN1CCCC1)c1ccc(O)cc1. The van der Waals surface area contributed by atoms with Gasteiger partial charge in [0.2, 0.25) is 0 Å². The Kier molecular flexibility index (Phi) is 5.44. The summed E-state index contributed by atoms with van der Waals surface area (Å²) in [6.07, 6.45) is 2.54. The predicted molar refractivity (Wildman–Crippen MR) is 83.4 cm³/mol. The number of likely N-dealkylation sites (N-methyl/N-ethyl adjacent to an activating group) is 1. The zero-order valence-corrected chi connectivity index (χ0v) is 12.9. The van der Waals surface area contributed by atoms with Crippen LogP contribution in [0.5, 0.6) is 5.75 Å². The van der Waals surface area contributed by atoms with Gasteiger partial charge < -0.3 is 20.2 Å². The third kappa shape index (κ3) is 4.63. The molecule has 0 radical (unpaired) electrons. The van der Waals surface area contributed by atoms with Gasteiger partial charge in [0.25, 0.3) is 0 Å². The molecular weight excluding hydrogens is 266 g/mol. The van der Waals surface area contributed by atoms with Crippen molar-refractivity contribution in [2.75, 3.05) is 33.2 Å². The summed E-state index contributed by atoms with van der Waals surface area (Å²) in [6, 6.07) is 6.78. The van der Waals surface area contributed by atoms with Crippen LogP contribution in [0.2, 0.25) is 0 Å². The minimum absolute atomic E-state index is 0.0604. The van der Waals surface area contributed by atoms with Gasteiger partial charge in [0.1, 0.15) is 5.75 Å². The molecule has 1 aromatic rings. The monoisotopic (exact) mass is 291 g/mol. The lowest BCUT2D eigenvalue weighted by Crippen LogP contribution is -2.42. The summed E-state index contributed by atoms with van der Waals surface area (Å²) in [5.74, 6) is 0.236. The molecule has 0 saturated carbocycles. The molecule has 5 heteroatoms. The van der Waals surface area contributed by atoms with Crippen LogP contribution in [0.25, 0.3) is 0 Å². The maximum Gasteiger partial charge on any atom is 0.317 e. The van der Waals surface area contributed by atoms with Crippen molar-refractivity contribution in [3.05, 3.63) is 29.8 Å². The lowest BCUT2D eigenvalue weighted by molar-refractivity contribution is 0.197. The van der Waals surface area contributed by atoms with Crippen LogP contribution < -0.4 is 5.32 Å². The van der Waals surface area contributed by atoms with Gasteiger partial charge in [-0.2, -0.15) is 0 Å². The summed E-state index contributed by atoms with van der Waals surface area (Å²) in [6.45, 7) is 5.93. The molecule has 116 valence electrons. The number of urea groups is 1. The molecule has 1 atom stereocenters. The fourth-order valence-electron chi connectivity index (χ4n) is 2.54. The van der Waals surface area contributed by atoms with E-state index in [0.717, 1.165) is 31.7 Å². The van der Waals surface area contributed by atoms with E-state index in [1.165, 1.54) is 12.8 Å². The highest BCUT2D eigenvalue weighted by Gasteiger charge is 2.16. The van der Waals surface area contributed by atoms with Crippen LogP contribution in [-0.2, 0) is 0 Å². The molecule has 0 spiro atoms. The number of nitrogens with one attached hydrogen (secondary N) is 1. The van der Waals surface area contributed by atoms with Crippen molar-refractivity contribution in [3.63, 3.8) is 0 Å². The summed E-state index contributed by atoms with van der Waals surface area (Å²) >= 11 is 0. The molecule has 21 heavy (non-hydrogen) atoms. The summed E-state index contributed by atoms with van der Waals surface area (Å²) in [5.41, 5.74) is 0.981. The molecule has 0 bridgehead atoms. The van der Waals surface area contributed by atoms with E-state index in [2.05, 4.69) is 10.2 Å². The van der Waals surface area contributed by atoms with E-state index < -0.39 is 0 Å². The number of phenols is 1. The molecular formula is C16H25N3O2. The number of likely N-dealkylation sites (tertiary alicyclic amines) is 1. The van der Waals surface area contributed by atoms with Crippen molar-refractivity contribution < 1.29 is 9.90 Å². The first-order chi connectivity index (χ1) is 10.1. The minimum atomic E-state index is -0.0765. The van der Waals surface area contributed by atoms with Gasteiger partial charge in [-0.1, -0.05) is 12.1 Å². The molecule has 2 rings (SSSR count). The number of phenolic OH excluding ortho intramolecular Hbond substituents is 1. The number of nitrogens with zero attached hydrogens (tertiary/aromatic N) is 2. The topological polar surface area (TPSA) is 55.8 Å². The van der Waals surface area contributed by atoms with Gasteiger partial charge in [0.05, 0.1) is 6.04 Å².